The Bertz CT molecular complexity index is 1020. The summed E-state index contributed by atoms with van der Waals surface area (Å²) in [4.78, 5) is 42.0. The highest BCUT2D eigenvalue weighted by Crippen LogP contribution is 2.35. The number of likely N-dealkylation sites (tertiary alicyclic amines) is 2. The molecular formula is C26H33N5O2. The average molecular weight is 448 g/mol. The zero-order valence-corrected chi connectivity index (χ0v) is 19.5. The molecule has 0 saturated carbocycles. The standard InChI is InChI=1S/C26H33N5O2/c1-19-21-17-24(33)31(18-20-9-3-2-4-10-20)26(21)28-25(27-19)22-11-5-6-15-30(22)23(32)12-16-29-13-7-8-14-29/h2-4,9-10,22H,5-8,11-18H2,1H3/t22-/m1/s1. The summed E-state index contributed by atoms with van der Waals surface area (Å²) in [5.41, 5.74) is 2.85. The Labute approximate surface area is 195 Å². The molecule has 2 fully saturated rings. The molecule has 1 aromatic carbocycles. The highest BCUT2D eigenvalue weighted by atomic mass is 16.2. The van der Waals surface area contributed by atoms with Crippen LogP contribution in [0.4, 0.5) is 5.82 Å². The molecule has 7 heteroatoms. The maximum atomic E-state index is 13.2. The van der Waals surface area contributed by atoms with Gasteiger partial charge in [-0.15, -0.1) is 0 Å². The van der Waals surface area contributed by atoms with Gasteiger partial charge in [-0.2, -0.15) is 0 Å². The number of hydrogen-bond acceptors (Lipinski definition) is 5. The van der Waals surface area contributed by atoms with Crippen LogP contribution in [0.1, 0.15) is 67.2 Å². The largest absolute Gasteiger partial charge is 0.332 e. The molecule has 5 rings (SSSR count). The van der Waals surface area contributed by atoms with Crippen LogP contribution >= 0.6 is 0 Å². The van der Waals surface area contributed by atoms with E-state index < -0.39 is 0 Å². The third kappa shape index (κ3) is 4.64. The Morgan fingerprint density at radius 2 is 1.79 bits per heavy atom. The molecular weight excluding hydrogens is 414 g/mol. The van der Waals surface area contributed by atoms with Crippen molar-refractivity contribution in [3.05, 3.63) is 53.0 Å². The van der Waals surface area contributed by atoms with Crippen molar-refractivity contribution < 1.29 is 9.59 Å². The second kappa shape index (κ2) is 9.59. The minimum absolute atomic E-state index is 0.0607. The van der Waals surface area contributed by atoms with E-state index in [0.717, 1.165) is 68.1 Å². The summed E-state index contributed by atoms with van der Waals surface area (Å²) in [6.45, 7) is 6.28. The molecule has 0 N–H and O–H groups in total. The van der Waals surface area contributed by atoms with Gasteiger partial charge >= 0.3 is 0 Å². The van der Waals surface area contributed by atoms with Crippen molar-refractivity contribution in [2.24, 2.45) is 0 Å². The fourth-order valence-electron chi connectivity index (χ4n) is 5.38. The SMILES string of the molecule is Cc1nc([C@H]2CCCCN2C(=O)CCN2CCCC2)nc2c1CC(=O)N2Cc1ccccc1. The second-order valence-corrected chi connectivity index (χ2v) is 9.51. The van der Waals surface area contributed by atoms with Crippen LogP contribution in [-0.2, 0) is 22.6 Å². The van der Waals surface area contributed by atoms with Crippen molar-refractivity contribution in [1.29, 1.82) is 0 Å². The zero-order valence-electron chi connectivity index (χ0n) is 19.5. The number of benzene rings is 1. The lowest BCUT2D eigenvalue weighted by atomic mass is 10.0. The molecule has 2 aromatic rings. The molecule has 3 aliphatic heterocycles. The zero-order chi connectivity index (χ0) is 22.8. The van der Waals surface area contributed by atoms with Gasteiger partial charge in [0.2, 0.25) is 11.8 Å². The van der Waals surface area contributed by atoms with Crippen molar-refractivity contribution in [2.45, 2.75) is 64.5 Å². The van der Waals surface area contributed by atoms with E-state index in [9.17, 15) is 9.59 Å². The van der Waals surface area contributed by atoms with Crippen molar-refractivity contribution >= 4 is 17.6 Å². The number of fused-ring (bicyclic) bond motifs is 1. The van der Waals surface area contributed by atoms with Gasteiger partial charge in [-0.25, -0.2) is 9.97 Å². The summed E-state index contributed by atoms with van der Waals surface area (Å²) >= 11 is 0. The van der Waals surface area contributed by atoms with E-state index in [0.29, 0.717) is 25.2 Å². The molecule has 0 unspecified atom stereocenters. The van der Waals surface area contributed by atoms with E-state index in [1.165, 1.54) is 12.8 Å². The molecule has 33 heavy (non-hydrogen) atoms. The number of aryl methyl sites for hydroxylation is 1. The van der Waals surface area contributed by atoms with Crippen LogP contribution in [0.5, 0.6) is 0 Å². The van der Waals surface area contributed by atoms with E-state index in [-0.39, 0.29) is 17.9 Å². The molecule has 2 amide bonds. The maximum absolute atomic E-state index is 13.2. The van der Waals surface area contributed by atoms with E-state index in [4.69, 9.17) is 9.97 Å². The number of carbonyl (C=O) groups is 2. The van der Waals surface area contributed by atoms with E-state index in [1.54, 1.807) is 4.90 Å². The Hall–Kier alpha value is -2.80. The number of rotatable bonds is 6. The first-order chi connectivity index (χ1) is 16.1. The fourth-order valence-corrected chi connectivity index (χ4v) is 5.38. The fraction of sp³-hybridized carbons (Fsp3) is 0.538. The minimum Gasteiger partial charge on any atom is -0.332 e. The van der Waals surface area contributed by atoms with Gasteiger partial charge in [0.1, 0.15) is 5.82 Å². The van der Waals surface area contributed by atoms with Crippen LogP contribution in [0.25, 0.3) is 0 Å². The number of hydrogen-bond donors (Lipinski definition) is 0. The van der Waals surface area contributed by atoms with Crippen LogP contribution in [0.3, 0.4) is 0 Å². The number of aromatic nitrogens is 2. The van der Waals surface area contributed by atoms with Crippen molar-refractivity contribution in [1.82, 2.24) is 19.8 Å². The molecule has 0 bridgehead atoms. The van der Waals surface area contributed by atoms with Gasteiger partial charge in [-0.05, 0) is 57.7 Å². The second-order valence-electron chi connectivity index (χ2n) is 9.51. The van der Waals surface area contributed by atoms with Crippen LogP contribution < -0.4 is 4.90 Å². The van der Waals surface area contributed by atoms with Crippen molar-refractivity contribution in [2.75, 3.05) is 31.1 Å². The molecule has 174 valence electrons. The third-order valence-electron chi connectivity index (χ3n) is 7.24. The monoisotopic (exact) mass is 447 g/mol. The normalized spacial score (nSPS) is 21.0. The van der Waals surface area contributed by atoms with Crippen LogP contribution in [0.15, 0.2) is 30.3 Å². The van der Waals surface area contributed by atoms with E-state index >= 15 is 0 Å². The third-order valence-corrected chi connectivity index (χ3v) is 7.24. The lowest BCUT2D eigenvalue weighted by molar-refractivity contribution is -0.135. The van der Waals surface area contributed by atoms with Crippen LogP contribution in [-0.4, -0.2) is 57.8 Å². The summed E-state index contributed by atoms with van der Waals surface area (Å²) in [6, 6.07) is 9.90. The summed E-state index contributed by atoms with van der Waals surface area (Å²) in [7, 11) is 0. The molecule has 1 atom stereocenters. The first kappa shape index (κ1) is 22.0. The summed E-state index contributed by atoms with van der Waals surface area (Å²) in [6.07, 6.45) is 6.33. The maximum Gasteiger partial charge on any atom is 0.233 e. The summed E-state index contributed by atoms with van der Waals surface area (Å²) < 4.78 is 0. The molecule has 0 spiro atoms. The van der Waals surface area contributed by atoms with Gasteiger partial charge in [0.05, 0.1) is 19.0 Å². The Morgan fingerprint density at radius 3 is 2.58 bits per heavy atom. The van der Waals surface area contributed by atoms with Gasteiger partial charge in [-0.3, -0.25) is 14.5 Å². The van der Waals surface area contributed by atoms with Gasteiger partial charge in [0, 0.05) is 30.8 Å². The van der Waals surface area contributed by atoms with Crippen LogP contribution in [0, 0.1) is 6.92 Å². The van der Waals surface area contributed by atoms with Gasteiger partial charge < -0.3 is 9.80 Å². The topological polar surface area (TPSA) is 69.6 Å². The Balaban J connectivity index is 1.38. The number of carbonyl (C=O) groups excluding carboxylic acids is 2. The summed E-state index contributed by atoms with van der Waals surface area (Å²) in [5.74, 6) is 1.67. The van der Waals surface area contributed by atoms with Crippen molar-refractivity contribution in [3.8, 4) is 0 Å². The minimum atomic E-state index is -0.108. The highest BCUT2D eigenvalue weighted by molar-refractivity contribution is 6.00. The number of amides is 2. The van der Waals surface area contributed by atoms with Crippen LogP contribution in [0.2, 0.25) is 0 Å². The number of anilines is 1. The predicted molar refractivity (Wildman–Crippen MR) is 127 cm³/mol. The highest BCUT2D eigenvalue weighted by Gasteiger charge is 2.35. The molecule has 0 radical (unpaired) electrons. The quantitative estimate of drug-likeness (QED) is 0.679. The average Bonchev–Trinajstić information content (AvgIpc) is 3.47. The Kier molecular flexibility index (Phi) is 6.40. The van der Waals surface area contributed by atoms with E-state index in [2.05, 4.69) is 4.90 Å². The van der Waals surface area contributed by atoms with Gasteiger partial charge in [0.25, 0.3) is 0 Å². The molecule has 1 aromatic heterocycles. The predicted octanol–water partition coefficient (Wildman–Crippen LogP) is 3.41. The van der Waals surface area contributed by atoms with Gasteiger partial charge in [-0.1, -0.05) is 30.3 Å². The first-order valence-electron chi connectivity index (χ1n) is 12.3. The molecule has 3 aliphatic rings. The van der Waals surface area contributed by atoms with Gasteiger partial charge in [0.15, 0.2) is 5.82 Å². The lowest BCUT2D eigenvalue weighted by Gasteiger charge is -2.35. The lowest BCUT2D eigenvalue weighted by Crippen LogP contribution is -2.40. The Morgan fingerprint density at radius 1 is 1.03 bits per heavy atom. The molecule has 7 nitrogen and oxygen atoms in total. The molecule has 0 aliphatic carbocycles. The summed E-state index contributed by atoms with van der Waals surface area (Å²) in [5, 5.41) is 0. The number of piperidine rings is 1. The van der Waals surface area contributed by atoms with E-state index in [1.807, 2.05) is 42.2 Å². The van der Waals surface area contributed by atoms with Crippen molar-refractivity contribution in [3.63, 3.8) is 0 Å². The molecule has 4 heterocycles. The molecule has 2 saturated heterocycles. The number of nitrogens with zero attached hydrogens (tertiary/aromatic N) is 5. The smallest absolute Gasteiger partial charge is 0.233 e. The first-order valence-corrected chi connectivity index (χ1v) is 12.3.